The van der Waals surface area contributed by atoms with Gasteiger partial charge in [0, 0.05) is 16.5 Å². The number of benzene rings is 4. The van der Waals surface area contributed by atoms with E-state index in [4.69, 9.17) is 0 Å². The Balaban J connectivity index is 1.48. The zero-order valence-corrected chi connectivity index (χ0v) is 24.8. The maximum Gasteiger partial charge on any atom is 0.0541 e. The first-order chi connectivity index (χ1) is 19.7. The van der Waals surface area contributed by atoms with Gasteiger partial charge < -0.3 is 4.57 Å². The monoisotopic (exact) mass is 527 g/mol. The number of nitrogens with zero attached hydrogens (tertiary/aromatic N) is 1. The fourth-order valence-corrected chi connectivity index (χ4v) is 5.82. The summed E-state index contributed by atoms with van der Waals surface area (Å²) in [6, 6.07) is 32.1. The number of fused-ring (bicyclic) bond motifs is 3. The number of hydrogen-bond acceptors (Lipinski definition) is 0. The Labute approximate surface area is 241 Å². The van der Waals surface area contributed by atoms with E-state index in [2.05, 4.69) is 122 Å². The first-order valence-corrected chi connectivity index (χ1v) is 15.6. The second kappa shape index (κ2) is 13.7. The van der Waals surface area contributed by atoms with Gasteiger partial charge in [0.1, 0.15) is 0 Å². The Hall–Kier alpha value is -3.58. The third-order valence-electron chi connectivity index (χ3n) is 8.23. The van der Waals surface area contributed by atoms with E-state index in [1.54, 1.807) is 0 Å². The Kier molecular flexibility index (Phi) is 9.55. The molecule has 5 rings (SSSR count). The first kappa shape index (κ1) is 28.0. The number of unbranched alkanes of at least 4 members (excludes halogenated alkanes) is 6. The van der Waals surface area contributed by atoms with Crippen molar-refractivity contribution in [2.45, 2.75) is 85.0 Å². The maximum atomic E-state index is 2.47. The molecule has 0 bridgehead atoms. The van der Waals surface area contributed by atoms with Gasteiger partial charge in [-0.05, 0) is 91.3 Å². The highest BCUT2D eigenvalue weighted by Crippen LogP contribution is 2.34. The van der Waals surface area contributed by atoms with Crippen molar-refractivity contribution in [2.75, 3.05) is 0 Å². The van der Waals surface area contributed by atoms with Crippen molar-refractivity contribution in [3.05, 3.63) is 113 Å². The van der Waals surface area contributed by atoms with E-state index in [0.29, 0.717) is 0 Å². The van der Waals surface area contributed by atoms with Crippen LogP contribution in [0.2, 0.25) is 0 Å². The number of aryl methyl sites for hydroxylation is 3. The van der Waals surface area contributed by atoms with Crippen LogP contribution in [0.25, 0.3) is 39.6 Å². The number of aromatic nitrogens is 1. The normalized spacial score (nSPS) is 11.8. The molecule has 0 radical (unpaired) electrons. The van der Waals surface area contributed by atoms with Crippen molar-refractivity contribution < 1.29 is 0 Å². The van der Waals surface area contributed by atoms with Gasteiger partial charge >= 0.3 is 0 Å². The molecule has 0 saturated heterocycles. The van der Waals surface area contributed by atoms with E-state index in [1.807, 2.05) is 0 Å². The van der Waals surface area contributed by atoms with E-state index < -0.39 is 0 Å². The van der Waals surface area contributed by atoms with Gasteiger partial charge in [-0.3, -0.25) is 0 Å². The molecule has 1 nitrogen and oxygen atoms in total. The predicted octanol–water partition coefficient (Wildman–Crippen LogP) is 11.5. The molecule has 5 aromatic rings. The molecular formula is C39H45N. The lowest BCUT2D eigenvalue weighted by Gasteiger charge is -2.09. The molecule has 1 heteroatoms. The van der Waals surface area contributed by atoms with Gasteiger partial charge in [0.05, 0.1) is 11.0 Å². The average Bonchev–Trinajstić information content (AvgIpc) is 3.30. The van der Waals surface area contributed by atoms with Crippen molar-refractivity contribution in [2.24, 2.45) is 0 Å². The molecule has 0 N–H and O–H groups in total. The van der Waals surface area contributed by atoms with Gasteiger partial charge in [-0.2, -0.15) is 0 Å². The van der Waals surface area contributed by atoms with Crippen LogP contribution in [0.15, 0.2) is 84.9 Å². The molecule has 0 unspecified atom stereocenters. The summed E-state index contributed by atoms with van der Waals surface area (Å²) < 4.78 is 2.46. The maximum absolute atomic E-state index is 2.47. The molecular weight excluding hydrogens is 482 g/mol. The Morgan fingerprint density at radius 3 is 1.48 bits per heavy atom. The molecule has 40 heavy (non-hydrogen) atoms. The van der Waals surface area contributed by atoms with Gasteiger partial charge in [-0.1, -0.05) is 119 Å². The summed E-state index contributed by atoms with van der Waals surface area (Å²) in [4.78, 5) is 0. The molecule has 0 amide bonds. The SMILES string of the molecule is CCCCCCc1ccc2c(c1)c1cc(CCCCCC)ccc1n2-c1ccc(/C=C/c2ccc(C)cc2)cc1. The van der Waals surface area contributed by atoms with E-state index in [1.165, 1.54) is 120 Å². The second-order valence-corrected chi connectivity index (χ2v) is 11.5. The molecule has 0 spiro atoms. The van der Waals surface area contributed by atoms with Crippen molar-refractivity contribution in [3.63, 3.8) is 0 Å². The van der Waals surface area contributed by atoms with Crippen molar-refractivity contribution >= 4 is 34.0 Å². The van der Waals surface area contributed by atoms with Gasteiger partial charge in [-0.25, -0.2) is 0 Å². The fraction of sp³-hybridized carbons (Fsp3) is 0.333. The highest BCUT2D eigenvalue weighted by molar-refractivity contribution is 6.09. The van der Waals surface area contributed by atoms with Crippen molar-refractivity contribution in [1.82, 2.24) is 4.57 Å². The molecule has 1 aromatic heterocycles. The third-order valence-corrected chi connectivity index (χ3v) is 8.23. The van der Waals surface area contributed by atoms with Crippen LogP contribution in [0.3, 0.4) is 0 Å². The average molecular weight is 528 g/mol. The summed E-state index contributed by atoms with van der Waals surface area (Å²) >= 11 is 0. The molecule has 0 atom stereocenters. The van der Waals surface area contributed by atoms with Gasteiger partial charge in [0.25, 0.3) is 0 Å². The van der Waals surface area contributed by atoms with E-state index in [-0.39, 0.29) is 0 Å². The van der Waals surface area contributed by atoms with Crippen LogP contribution in [-0.4, -0.2) is 4.57 Å². The third kappa shape index (κ3) is 6.76. The lowest BCUT2D eigenvalue weighted by atomic mass is 10.0. The zero-order valence-electron chi connectivity index (χ0n) is 24.8. The minimum absolute atomic E-state index is 1.17. The second-order valence-electron chi connectivity index (χ2n) is 11.5. The molecule has 206 valence electrons. The zero-order chi connectivity index (χ0) is 27.7. The van der Waals surface area contributed by atoms with Crippen LogP contribution >= 0.6 is 0 Å². The van der Waals surface area contributed by atoms with Crippen molar-refractivity contribution in [3.8, 4) is 5.69 Å². The number of hydrogen-bond donors (Lipinski definition) is 0. The quantitative estimate of drug-likeness (QED) is 0.106. The molecule has 4 aromatic carbocycles. The van der Waals surface area contributed by atoms with Crippen LogP contribution in [0, 0.1) is 6.92 Å². The molecule has 0 aliphatic rings. The summed E-state index contributed by atoms with van der Waals surface area (Å²) in [5, 5.41) is 2.78. The Morgan fingerprint density at radius 1 is 0.525 bits per heavy atom. The largest absolute Gasteiger partial charge is 0.309 e. The standard InChI is InChI=1S/C39H45N/c1-4-6-8-10-12-33-22-26-38-36(28-33)37-29-34(13-11-9-7-5-2)23-27-39(37)40(38)35-24-20-32(21-25-35)19-18-31-16-14-30(3)15-17-31/h14-29H,4-13H2,1-3H3/b19-18+. The molecule has 0 fully saturated rings. The van der Waals surface area contributed by atoms with Crippen LogP contribution in [-0.2, 0) is 12.8 Å². The summed E-state index contributed by atoms with van der Waals surface area (Å²) in [5.41, 5.74) is 10.5. The highest BCUT2D eigenvalue weighted by atomic mass is 15.0. The van der Waals surface area contributed by atoms with Gasteiger partial charge in [0.2, 0.25) is 0 Å². The predicted molar refractivity (Wildman–Crippen MR) is 177 cm³/mol. The summed E-state index contributed by atoms with van der Waals surface area (Å²) in [5.74, 6) is 0. The molecule has 0 aliphatic heterocycles. The summed E-state index contributed by atoms with van der Waals surface area (Å²) in [6.45, 7) is 6.70. The van der Waals surface area contributed by atoms with E-state index >= 15 is 0 Å². The smallest absolute Gasteiger partial charge is 0.0541 e. The minimum Gasteiger partial charge on any atom is -0.309 e. The van der Waals surface area contributed by atoms with Crippen LogP contribution < -0.4 is 0 Å². The van der Waals surface area contributed by atoms with E-state index in [0.717, 1.165) is 0 Å². The Bertz CT molecular complexity index is 1480. The number of rotatable bonds is 13. The fourth-order valence-electron chi connectivity index (χ4n) is 5.82. The topological polar surface area (TPSA) is 4.93 Å². The summed E-state index contributed by atoms with van der Waals surface area (Å²) in [7, 11) is 0. The minimum atomic E-state index is 1.17. The van der Waals surface area contributed by atoms with E-state index in [9.17, 15) is 0 Å². The molecule has 0 saturated carbocycles. The van der Waals surface area contributed by atoms with Crippen LogP contribution in [0.1, 0.15) is 93.0 Å². The lowest BCUT2D eigenvalue weighted by Crippen LogP contribution is -1.94. The van der Waals surface area contributed by atoms with Crippen LogP contribution in [0.4, 0.5) is 0 Å². The molecule has 0 aliphatic carbocycles. The first-order valence-electron chi connectivity index (χ1n) is 15.6. The van der Waals surface area contributed by atoms with Crippen molar-refractivity contribution in [1.29, 1.82) is 0 Å². The van der Waals surface area contributed by atoms with Gasteiger partial charge in [0.15, 0.2) is 0 Å². The Morgan fingerprint density at radius 2 is 1.00 bits per heavy atom. The van der Waals surface area contributed by atoms with Gasteiger partial charge in [-0.15, -0.1) is 0 Å². The summed E-state index contributed by atoms with van der Waals surface area (Å²) in [6.07, 6.45) is 17.2. The van der Waals surface area contributed by atoms with Crippen LogP contribution in [0.5, 0.6) is 0 Å². The highest BCUT2D eigenvalue weighted by Gasteiger charge is 2.14. The lowest BCUT2D eigenvalue weighted by molar-refractivity contribution is 0.667. The molecule has 1 heterocycles.